The van der Waals surface area contributed by atoms with Crippen LogP contribution in [0.5, 0.6) is 5.75 Å². The van der Waals surface area contributed by atoms with Gasteiger partial charge >= 0.3 is 0 Å². The lowest BCUT2D eigenvalue weighted by atomic mass is 10.1. The summed E-state index contributed by atoms with van der Waals surface area (Å²) in [4.78, 5) is 0. The monoisotopic (exact) mass is 348 g/mol. The fourth-order valence-electron chi connectivity index (χ4n) is 1.94. The average Bonchev–Trinajstić information content (AvgIpc) is 2.46. The first kappa shape index (κ1) is 15.3. The second-order valence-corrected chi connectivity index (χ2v) is 5.36. The molecular formula is C16H14BrFN2O. The van der Waals surface area contributed by atoms with Gasteiger partial charge in [0.2, 0.25) is 0 Å². The molecule has 1 unspecified atom stereocenters. The number of nitriles is 1. The van der Waals surface area contributed by atoms with Crippen molar-refractivity contribution in [2.24, 2.45) is 0 Å². The highest BCUT2D eigenvalue weighted by molar-refractivity contribution is 9.10. The van der Waals surface area contributed by atoms with Gasteiger partial charge in [-0.2, -0.15) is 5.26 Å². The molecule has 0 spiro atoms. The fourth-order valence-corrected chi connectivity index (χ4v) is 2.64. The van der Waals surface area contributed by atoms with Crippen LogP contribution in [-0.4, -0.2) is 6.61 Å². The third-order valence-corrected chi connectivity index (χ3v) is 3.66. The number of benzene rings is 2. The number of hydrogen-bond acceptors (Lipinski definition) is 3. The van der Waals surface area contributed by atoms with E-state index >= 15 is 0 Å². The fraction of sp³-hybridized carbons (Fsp3) is 0.188. The van der Waals surface area contributed by atoms with Gasteiger partial charge in [-0.15, -0.1) is 0 Å². The lowest BCUT2D eigenvalue weighted by Crippen LogP contribution is -2.07. The smallest absolute Gasteiger partial charge is 0.174 e. The predicted molar refractivity (Wildman–Crippen MR) is 83.7 cm³/mol. The van der Waals surface area contributed by atoms with Crippen molar-refractivity contribution < 1.29 is 9.13 Å². The molecule has 0 aliphatic heterocycles. The zero-order chi connectivity index (χ0) is 15.2. The molecule has 2 aromatic carbocycles. The molecule has 0 radical (unpaired) electrons. The third-order valence-electron chi connectivity index (χ3n) is 2.97. The van der Waals surface area contributed by atoms with Gasteiger partial charge in [-0.3, -0.25) is 0 Å². The van der Waals surface area contributed by atoms with Gasteiger partial charge in [0.1, 0.15) is 17.6 Å². The van der Waals surface area contributed by atoms with Gasteiger partial charge in [0.15, 0.2) is 6.61 Å². The Labute approximate surface area is 131 Å². The summed E-state index contributed by atoms with van der Waals surface area (Å²) in [5.74, 6) is 0.384. The van der Waals surface area contributed by atoms with E-state index in [9.17, 15) is 4.39 Å². The molecule has 5 heteroatoms. The Morgan fingerprint density at radius 2 is 2.00 bits per heavy atom. The Morgan fingerprint density at radius 3 is 2.62 bits per heavy atom. The van der Waals surface area contributed by atoms with Crippen LogP contribution >= 0.6 is 15.9 Å². The van der Waals surface area contributed by atoms with Gasteiger partial charge in [0, 0.05) is 16.2 Å². The van der Waals surface area contributed by atoms with E-state index < -0.39 is 0 Å². The number of anilines is 1. The molecule has 0 aliphatic carbocycles. The van der Waals surface area contributed by atoms with Crippen LogP contribution in [-0.2, 0) is 0 Å². The van der Waals surface area contributed by atoms with E-state index in [-0.39, 0.29) is 18.5 Å². The molecule has 1 atom stereocenters. The van der Waals surface area contributed by atoms with Crippen LogP contribution in [0.1, 0.15) is 18.5 Å². The van der Waals surface area contributed by atoms with Gasteiger partial charge in [-0.1, -0.05) is 22.0 Å². The van der Waals surface area contributed by atoms with Crippen LogP contribution in [0.25, 0.3) is 0 Å². The molecule has 0 fully saturated rings. The zero-order valence-corrected chi connectivity index (χ0v) is 13.0. The summed E-state index contributed by atoms with van der Waals surface area (Å²) >= 11 is 3.37. The van der Waals surface area contributed by atoms with Gasteiger partial charge in [-0.05, 0) is 48.9 Å². The maximum atomic E-state index is 13.1. The van der Waals surface area contributed by atoms with Crippen LogP contribution in [0.3, 0.4) is 0 Å². The van der Waals surface area contributed by atoms with E-state index in [1.165, 1.54) is 12.1 Å². The lowest BCUT2D eigenvalue weighted by molar-refractivity contribution is 0.368. The molecular weight excluding hydrogens is 335 g/mol. The molecule has 0 saturated carbocycles. The first-order valence-electron chi connectivity index (χ1n) is 6.41. The highest BCUT2D eigenvalue weighted by Crippen LogP contribution is 2.27. The van der Waals surface area contributed by atoms with Crippen molar-refractivity contribution in [1.29, 1.82) is 5.26 Å². The Bertz CT molecular complexity index is 652. The molecule has 0 aliphatic rings. The van der Waals surface area contributed by atoms with Crippen molar-refractivity contribution in [2.75, 3.05) is 11.9 Å². The summed E-state index contributed by atoms with van der Waals surface area (Å²) < 4.78 is 19.0. The second-order valence-electron chi connectivity index (χ2n) is 4.50. The van der Waals surface area contributed by atoms with Crippen molar-refractivity contribution in [3.05, 3.63) is 58.3 Å². The maximum Gasteiger partial charge on any atom is 0.174 e. The predicted octanol–water partition coefficient (Wildman–Crippen LogP) is 4.66. The molecule has 108 valence electrons. The van der Waals surface area contributed by atoms with Gasteiger partial charge < -0.3 is 10.1 Å². The quantitative estimate of drug-likeness (QED) is 0.854. The summed E-state index contributed by atoms with van der Waals surface area (Å²) in [5.41, 5.74) is 1.89. The minimum absolute atomic E-state index is 0.0193. The van der Waals surface area contributed by atoms with E-state index in [1.54, 1.807) is 18.2 Å². The van der Waals surface area contributed by atoms with E-state index in [4.69, 9.17) is 10.00 Å². The number of nitrogens with zero attached hydrogens (tertiary/aromatic N) is 1. The molecule has 3 nitrogen and oxygen atoms in total. The summed E-state index contributed by atoms with van der Waals surface area (Å²) in [7, 11) is 0. The van der Waals surface area contributed by atoms with Gasteiger partial charge in [0.05, 0.1) is 0 Å². The third kappa shape index (κ3) is 4.20. The molecule has 0 saturated heterocycles. The zero-order valence-electron chi connectivity index (χ0n) is 11.4. The van der Waals surface area contributed by atoms with Crippen molar-refractivity contribution >= 4 is 21.6 Å². The van der Waals surface area contributed by atoms with Crippen molar-refractivity contribution in [3.63, 3.8) is 0 Å². The second kappa shape index (κ2) is 7.09. The first-order valence-corrected chi connectivity index (χ1v) is 7.21. The molecule has 2 aromatic rings. The average molecular weight is 349 g/mol. The molecule has 0 heterocycles. The largest absolute Gasteiger partial charge is 0.479 e. The number of halogens is 2. The number of hydrogen-bond donors (Lipinski definition) is 1. The Balaban J connectivity index is 2.05. The van der Waals surface area contributed by atoms with Crippen LogP contribution in [0.15, 0.2) is 46.9 Å². The molecule has 0 amide bonds. The molecule has 0 bridgehead atoms. The highest BCUT2D eigenvalue weighted by atomic mass is 79.9. The number of rotatable bonds is 5. The SMILES string of the molecule is CC(Nc1ccc(OCC#N)cc1)c1ccc(F)cc1Br. The van der Waals surface area contributed by atoms with Crippen LogP contribution < -0.4 is 10.1 Å². The Hall–Kier alpha value is -2.06. The van der Waals surface area contributed by atoms with E-state index in [0.717, 1.165) is 15.7 Å². The topological polar surface area (TPSA) is 45.0 Å². The standard InChI is InChI=1S/C16H14BrFN2O/c1-11(15-7-2-12(18)10-16(15)17)20-13-3-5-14(6-4-13)21-9-8-19/h2-7,10-11,20H,9H2,1H3. The van der Waals surface area contributed by atoms with Gasteiger partial charge in [-0.25, -0.2) is 4.39 Å². The van der Waals surface area contributed by atoms with Gasteiger partial charge in [0.25, 0.3) is 0 Å². The molecule has 1 N–H and O–H groups in total. The Kier molecular flexibility index (Phi) is 5.18. The Morgan fingerprint density at radius 1 is 1.29 bits per heavy atom. The summed E-state index contributed by atoms with van der Waals surface area (Å²) in [6.45, 7) is 2.03. The molecule has 0 aromatic heterocycles. The van der Waals surface area contributed by atoms with Crippen LogP contribution in [0.4, 0.5) is 10.1 Å². The van der Waals surface area contributed by atoms with Crippen LogP contribution in [0, 0.1) is 17.1 Å². The minimum atomic E-state index is -0.267. The van der Waals surface area contributed by atoms with E-state index in [2.05, 4.69) is 21.2 Å². The molecule has 21 heavy (non-hydrogen) atoms. The van der Waals surface area contributed by atoms with Crippen LogP contribution in [0.2, 0.25) is 0 Å². The van der Waals surface area contributed by atoms with Crippen molar-refractivity contribution in [2.45, 2.75) is 13.0 Å². The van der Waals surface area contributed by atoms with Crippen molar-refractivity contribution in [1.82, 2.24) is 0 Å². The van der Waals surface area contributed by atoms with Crippen molar-refractivity contribution in [3.8, 4) is 11.8 Å². The first-order chi connectivity index (χ1) is 10.1. The lowest BCUT2D eigenvalue weighted by Gasteiger charge is -2.17. The van der Waals surface area contributed by atoms with E-state index in [0.29, 0.717) is 5.75 Å². The summed E-state index contributed by atoms with van der Waals surface area (Å²) in [6.07, 6.45) is 0. The highest BCUT2D eigenvalue weighted by Gasteiger charge is 2.10. The normalized spacial score (nSPS) is 11.5. The number of ether oxygens (including phenoxy) is 1. The maximum absolute atomic E-state index is 13.1. The van der Waals surface area contributed by atoms with E-state index in [1.807, 2.05) is 25.1 Å². The minimum Gasteiger partial charge on any atom is -0.479 e. The summed E-state index contributed by atoms with van der Waals surface area (Å²) in [5, 5.41) is 11.8. The summed E-state index contributed by atoms with van der Waals surface area (Å²) in [6, 6.07) is 13.9. The molecule has 2 rings (SSSR count). The number of nitrogens with one attached hydrogen (secondary N) is 1.